The minimum atomic E-state index is -0.368. The topological polar surface area (TPSA) is 66.2 Å². The van der Waals surface area contributed by atoms with Gasteiger partial charge in [0.05, 0.1) is 23.6 Å². The van der Waals surface area contributed by atoms with E-state index in [4.69, 9.17) is 0 Å². The summed E-state index contributed by atoms with van der Waals surface area (Å²) in [6.07, 6.45) is 1.40. The Bertz CT molecular complexity index is 969. The average Bonchev–Trinajstić information content (AvgIpc) is 2.75. The van der Waals surface area contributed by atoms with Crippen LogP contribution >= 0.6 is 0 Å². The van der Waals surface area contributed by atoms with Crippen molar-refractivity contribution < 1.29 is 39.1 Å². The van der Waals surface area contributed by atoms with Crippen molar-refractivity contribution in [1.82, 2.24) is 9.97 Å². The van der Waals surface area contributed by atoms with Crippen molar-refractivity contribution in [1.29, 1.82) is 0 Å². The van der Waals surface area contributed by atoms with Gasteiger partial charge >= 0.3 is 0 Å². The number of hydrogen-bond acceptors (Lipinski definition) is 4. The Morgan fingerprint density at radius 2 is 1.39 bits per heavy atom. The van der Waals surface area contributed by atoms with Crippen LogP contribution in [0.2, 0.25) is 0 Å². The molecule has 2 unspecified atom stereocenters. The van der Waals surface area contributed by atoms with Gasteiger partial charge in [0.2, 0.25) is 0 Å². The fourth-order valence-electron chi connectivity index (χ4n) is 2.83. The van der Waals surface area contributed by atoms with Crippen LogP contribution in [0.5, 0.6) is 0 Å². The molecular formula is C26H31F2IrN2O2-. The van der Waals surface area contributed by atoms with Crippen LogP contribution in [0, 0.1) is 36.5 Å². The number of aliphatic hydroxyl groups is 2. The second-order valence-electron chi connectivity index (χ2n) is 8.49. The van der Waals surface area contributed by atoms with Gasteiger partial charge in [-0.25, -0.2) is 4.39 Å². The first-order valence-corrected chi connectivity index (χ1v) is 10.7. The molecule has 0 saturated carbocycles. The molecule has 0 saturated heterocycles. The van der Waals surface area contributed by atoms with Crippen molar-refractivity contribution in [3.63, 3.8) is 0 Å². The minimum absolute atomic E-state index is 0. The third-order valence-corrected chi connectivity index (χ3v) is 5.06. The number of aryl methyl sites for hydroxylation is 1. The van der Waals surface area contributed by atoms with Gasteiger partial charge in [-0.2, -0.15) is 0 Å². The van der Waals surface area contributed by atoms with E-state index in [1.165, 1.54) is 24.3 Å². The second kappa shape index (κ2) is 13.6. The van der Waals surface area contributed by atoms with Gasteiger partial charge in [0.25, 0.3) is 0 Å². The molecule has 0 amide bonds. The number of benzene rings is 2. The van der Waals surface area contributed by atoms with Gasteiger partial charge in [-0.3, -0.25) is 9.37 Å². The third-order valence-electron chi connectivity index (χ3n) is 5.06. The molecule has 0 aliphatic heterocycles. The zero-order valence-electron chi connectivity index (χ0n) is 19.5. The van der Waals surface area contributed by atoms with Crippen LogP contribution in [0.4, 0.5) is 8.78 Å². The first-order chi connectivity index (χ1) is 15.1. The molecule has 3 aromatic rings. The van der Waals surface area contributed by atoms with Crippen molar-refractivity contribution in [3.8, 4) is 22.5 Å². The summed E-state index contributed by atoms with van der Waals surface area (Å²) in [6, 6.07) is 13.1. The van der Waals surface area contributed by atoms with Gasteiger partial charge in [-0.15, -0.1) is 29.8 Å². The van der Waals surface area contributed by atoms with Gasteiger partial charge in [-0.05, 0) is 42.9 Å². The molecular weight excluding hydrogens is 603 g/mol. The molecule has 33 heavy (non-hydrogen) atoms. The van der Waals surface area contributed by atoms with Crippen LogP contribution in [0.25, 0.3) is 22.5 Å². The van der Waals surface area contributed by atoms with E-state index in [2.05, 4.69) is 16.0 Å². The second-order valence-corrected chi connectivity index (χ2v) is 8.49. The maximum absolute atomic E-state index is 13.1. The number of hydrogen-bond donors (Lipinski definition) is 2. The predicted octanol–water partition coefficient (Wildman–Crippen LogP) is 5.61. The van der Waals surface area contributed by atoms with E-state index in [1.807, 2.05) is 34.6 Å². The van der Waals surface area contributed by atoms with E-state index in [1.54, 1.807) is 24.4 Å². The SMILES string of the molecule is CC(C)C(O)CC(O)C(C)C.Cc1cnc(-c2[c-]cc(F)cc2)c(-c2ccc(F)cc2)n1.[Ir]. The van der Waals surface area contributed by atoms with Crippen LogP contribution in [-0.4, -0.2) is 32.4 Å². The monoisotopic (exact) mass is 634 g/mol. The summed E-state index contributed by atoms with van der Waals surface area (Å²) in [5.41, 5.74) is 3.36. The smallest absolute Gasteiger partial charge is 0.123 e. The summed E-state index contributed by atoms with van der Waals surface area (Å²) in [5, 5.41) is 18.8. The maximum Gasteiger partial charge on any atom is 0.123 e. The largest absolute Gasteiger partial charge is 0.393 e. The van der Waals surface area contributed by atoms with E-state index in [9.17, 15) is 19.0 Å². The first kappa shape index (κ1) is 29.0. The predicted molar refractivity (Wildman–Crippen MR) is 123 cm³/mol. The summed E-state index contributed by atoms with van der Waals surface area (Å²) >= 11 is 0. The number of aromatic nitrogens is 2. The summed E-state index contributed by atoms with van der Waals surface area (Å²) in [4.78, 5) is 8.84. The molecule has 0 aliphatic rings. The van der Waals surface area contributed by atoms with E-state index >= 15 is 0 Å². The normalized spacial score (nSPS) is 12.6. The molecule has 3 rings (SSSR count). The van der Waals surface area contributed by atoms with Crippen molar-refractivity contribution in [2.75, 3.05) is 0 Å². The van der Waals surface area contributed by atoms with E-state index in [0.717, 1.165) is 11.3 Å². The zero-order chi connectivity index (χ0) is 23.8. The summed E-state index contributed by atoms with van der Waals surface area (Å²) in [6.45, 7) is 9.66. The standard InChI is InChI=1S/C17H11F2N2.C9H20O2.Ir/c1-11-10-20-16(12-2-6-14(18)7-3-12)17(21-11)13-4-8-15(19)9-5-13;1-6(2)8(10)5-9(11)7(3)4;/h2,4-10H,1H3;6-11H,5H2,1-4H3;/q-1;;. The van der Waals surface area contributed by atoms with Crippen molar-refractivity contribution in [2.45, 2.75) is 53.2 Å². The van der Waals surface area contributed by atoms with Crippen LogP contribution < -0.4 is 0 Å². The Morgan fingerprint density at radius 1 is 0.848 bits per heavy atom. The molecule has 0 bridgehead atoms. The van der Waals surface area contributed by atoms with Crippen LogP contribution in [0.15, 0.2) is 48.7 Å². The minimum Gasteiger partial charge on any atom is -0.393 e. The van der Waals surface area contributed by atoms with Gasteiger partial charge < -0.3 is 15.2 Å². The maximum atomic E-state index is 13.1. The van der Waals surface area contributed by atoms with Gasteiger partial charge in [-0.1, -0.05) is 39.8 Å². The van der Waals surface area contributed by atoms with Crippen molar-refractivity contribution in [2.24, 2.45) is 11.8 Å². The first-order valence-electron chi connectivity index (χ1n) is 10.7. The van der Waals surface area contributed by atoms with E-state index in [-0.39, 0.29) is 55.8 Å². The molecule has 2 atom stereocenters. The summed E-state index contributed by atoms with van der Waals surface area (Å²) < 4.78 is 26.1. The Labute approximate surface area is 208 Å². The molecule has 0 aliphatic carbocycles. The number of nitrogens with zero attached hydrogens (tertiary/aromatic N) is 2. The fourth-order valence-corrected chi connectivity index (χ4v) is 2.83. The molecule has 1 aromatic heterocycles. The van der Waals surface area contributed by atoms with Gasteiger partial charge in [0.15, 0.2) is 0 Å². The number of rotatable bonds is 6. The summed E-state index contributed by atoms with van der Waals surface area (Å²) in [7, 11) is 0. The Morgan fingerprint density at radius 3 is 1.88 bits per heavy atom. The van der Waals surface area contributed by atoms with Crippen molar-refractivity contribution in [3.05, 3.63) is 72.1 Å². The number of aliphatic hydroxyl groups excluding tert-OH is 2. The molecule has 1 heterocycles. The quantitative estimate of drug-likeness (QED) is 0.347. The molecule has 0 fully saturated rings. The summed E-state index contributed by atoms with van der Waals surface area (Å²) in [5.74, 6) is -0.191. The zero-order valence-corrected chi connectivity index (χ0v) is 21.9. The van der Waals surface area contributed by atoms with Gasteiger partial charge in [0.1, 0.15) is 5.82 Å². The Kier molecular flexibility index (Phi) is 11.9. The van der Waals surface area contributed by atoms with Crippen molar-refractivity contribution >= 4 is 0 Å². The third kappa shape index (κ3) is 9.01. The molecule has 2 N–H and O–H groups in total. The van der Waals surface area contributed by atoms with Crippen LogP contribution in [0.1, 0.15) is 39.8 Å². The van der Waals surface area contributed by atoms with Crippen LogP contribution in [-0.2, 0) is 20.1 Å². The number of halogens is 2. The average molecular weight is 634 g/mol. The fraction of sp³-hybridized carbons (Fsp3) is 0.385. The molecule has 4 nitrogen and oxygen atoms in total. The van der Waals surface area contributed by atoms with E-state index < -0.39 is 0 Å². The van der Waals surface area contributed by atoms with Crippen LogP contribution in [0.3, 0.4) is 0 Å². The molecule has 2 aromatic carbocycles. The Hall–Kier alpha value is -2.05. The van der Waals surface area contributed by atoms with E-state index in [0.29, 0.717) is 23.4 Å². The molecule has 181 valence electrons. The van der Waals surface area contributed by atoms with Gasteiger partial charge in [0, 0.05) is 37.8 Å². The molecule has 1 radical (unpaired) electrons. The Balaban J connectivity index is 0.000000391. The molecule has 7 heteroatoms. The molecule has 0 spiro atoms.